The molecule has 2 aromatic heterocycles. The lowest BCUT2D eigenvalue weighted by molar-refractivity contribution is -0.161. The van der Waals surface area contributed by atoms with Crippen molar-refractivity contribution in [3.05, 3.63) is 35.0 Å². The number of benzene rings is 1. The molecular weight excluding hydrogens is 493 g/mol. The van der Waals surface area contributed by atoms with Gasteiger partial charge >= 0.3 is 0 Å². The second-order valence-electron chi connectivity index (χ2n) is 10.1. The molecule has 2 saturated heterocycles. The second-order valence-corrected chi connectivity index (χ2v) is 10.5. The van der Waals surface area contributed by atoms with Crippen molar-refractivity contribution in [3.8, 4) is 11.3 Å². The summed E-state index contributed by atoms with van der Waals surface area (Å²) in [7, 11) is 0. The van der Waals surface area contributed by atoms with E-state index in [2.05, 4.69) is 20.3 Å². The smallest absolute Gasteiger partial charge is 0.223 e. The van der Waals surface area contributed by atoms with Gasteiger partial charge in [-0.25, -0.2) is 19.3 Å². The summed E-state index contributed by atoms with van der Waals surface area (Å²) in [4.78, 5) is 13.1. The predicted octanol–water partition coefficient (Wildman–Crippen LogP) is 2.74. The monoisotopic (exact) mass is 521 g/mol. The van der Waals surface area contributed by atoms with Crippen molar-refractivity contribution < 1.29 is 29.2 Å². The Labute approximate surface area is 212 Å². The van der Waals surface area contributed by atoms with Crippen molar-refractivity contribution in [1.82, 2.24) is 19.5 Å². The average Bonchev–Trinajstić information content (AvgIpc) is 3.38. The Kier molecular flexibility index (Phi) is 6.42. The number of imidazole rings is 1. The van der Waals surface area contributed by atoms with Gasteiger partial charge in [0.15, 0.2) is 12.1 Å². The lowest BCUT2D eigenvalue weighted by atomic mass is 9.99. The molecule has 36 heavy (non-hydrogen) atoms. The van der Waals surface area contributed by atoms with Gasteiger partial charge in [0, 0.05) is 11.6 Å². The van der Waals surface area contributed by atoms with Gasteiger partial charge in [0.05, 0.1) is 41.2 Å². The van der Waals surface area contributed by atoms with E-state index < -0.39 is 36.0 Å². The van der Waals surface area contributed by atoms with Crippen LogP contribution in [0.15, 0.2) is 18.3 Å². The van der Waals surface area contributed by atoms with Gasteiger partial charge in [-0.2, -0.15) is 0 Å². The summed E-state index contributed by atoms with van der Waals surface area (Å²) in [5.41, 5.74) is 0.0841. The van der Waals surface area contributed by atoms with E-state index in [-0.39, 0.29) is 35.2 Å². The molecule has 0 aliphatic carbocycles. The molecule has 10 nitrogen and oxygen atoms in total. The molecule has 194 valence electrons. The Morgan fingerprint density at radius 2 is 2.03 bits per heavy atom. The summed E-state index contributed by atoms with van der Waals surface area (Å²) < 4.78 is 28.2. The van der Waals surface area contributed by atoms with E-state index in [0.717, 1.165) is 0 Å². The number of aliphatic hydroxyl groups excluding tert-OH is 2. The topological polar surface area (TPSA) is 135 Å². The molecule has 0 amide bonds. The van der Waals surface area contributed by atoms with Gasteiger partial charge in [0.1, 0.15) is 29.2 Å². The fourth-order valence-electron chi connectivity index (χ4n) is 4.85. The molecule has 1 unspecified atom stereocenters. The van der Waals surface area contributed by atoms with Crippen molar-refractivity contribution in [2.75, 3.05) is 11.9 Å². The predicted molar refractivity (Wildman–Crippen MR) is 130 cm³/mol. The van der Waals surface area contributed by atoms with Crippen LogP contribution in [0.5, 0.6) is 0 Å². The number of halogens is 2. The molecule has 1 aromatic carbocycles. The minimum Gasteiger partial charge on any atom is -0.394 e. The molecule has 2 fully saturated rings. The van der Waals surface area contributed by atoms with Crippen LogP contribution in [0, 0.1) is 5.82 Å². The molecule has 2 bridgehead atoms. The Morgan fingerprint density at radius 1 is 1.28 bits per heavy atom. The fourth-order valence-corrected chi connectivity index (χ4v) is 5.05. The van der Waals surface area contributed by atoms with E-state index in [4.69, 9.17) is 21.1 Å². The van der Waals surface area contributed by atoms with Crippen LogP contribution in [0.4, 0.5) is 10.3 Å². The van der Waals surface area contributed by atoms with Crippen LogP contribution in [0.3, 0.4) is 0 Å². The Hall–Kier alpha value is -2.41. The van der Waals surface area contributed by atoms with Gasteiger partial charge in [-0.05, 0) is 46.2 Å². The summed E-state index contributed by atoms with van der Waals surface area (Å²) in [5.74, 6) is -0.0261. The SMILES string of the molecule is CC(C)n1c(C(C)(C)O)nc2c(F)cc(-c3nc(NC4C[C@@H]5O[C@@H](O[C@@H]5CO)[C@H]4O)ncc3Cl)cc21. The number of anilines is 1. The lowest BCUT2D eigenvalue weighted by Gasteiger charge is -2.32. The minimum atomic E-state index is -1.28. The van der Waals surface area contributed by atoms with Crippen LogP contribution in [0.2, 0.25) is 5.02 Å². The number of hydrogen-bond acceptors (Lipinski definition) is 9. The normalized spacial score (nSPS) is 26.2. The van der Waals surface area contributed by atoms with E-state index >= 15 is 4.39 Å². The summed E-state index contributed by atoms with van der Waals surface area (Å²) in [6.45, 7) is 6.86. The molecule has 4 N–H and O–H groups in total. The van der Waals surface area contributed by atoms with Gasteiger partial charge in [-0.15, -0.1) is 0 Å². The van der Waals surface area contributed by atoms with Gasteiger partial charge in [0.2, 0.25) is 5.95 Å². The number of aliphatic hydroxyl groups is 3. The van der Waals surface area contributed by atoms with E-state index in [0.29, 0.717) is 29.0 Å². The van der Waals surface area contributed by atoms with Gasteiger partial charge in [-0.3, -0.25) is 0 Å². The van der Waals surface area contributed by atoms with Crippen LogP contribution in [-0.4, -0.2) is 72.1 Å². The third kappa shape index (κ3) is 4.33. The number of aromatic nitrogens is 4. The van der Waals surface area contributed by atoms with Gasteiger partial charge in [0.25, 0.3) is 0 Å². The van der Waals surface area contributed by atoms with E-state index in [1.807, 2.05) is 13.8 Å². The lowest BCUT2D eigenvalue weighted by Crippen LogP contribution is -2.48. The number of ether oxygens (including phenoxy) is 2. The Balaban J connectivity index is 1.52. The molecule has 4 heterocycles. The zero-order chi connectivity index (χ0) is 25.9. The first kappa shape index (κ1) is 25.2. The van der Waals surface area contributed by atoms with Crippen LogP contribution < -0.4 is 5.32 Å². The second kappa shape index (κ2) is 9.16. The molecule has 3 aromatic rings. The average molecular weight is 522 g/mol. The number of rotatable bonds is 6. The summed E-state index contributed by atoms with van der Waals surface area (Å²) in [5, 5.41) is 34.0. The van der Waals surface area contributed by atoms with Crippen LogP contribution in [0.25, 0.3) is 22.3 Å². The van der Waals surface area contributed by atoms with E-state index in [1.54, 1.807) is 24.5 Å². The number of hydrogen-bond donors (Lipinski definition) is 4. The zero-order valence-electron chi connectivity index (χ0n) is 20.3. The van der Waals surface area contributed by atoms with Crippen LogP contribution in [0.1, 0.15) is 46.0 Å². The first-order valence-electron chi connectivity index (χ1n) is 11.8. The van der Waals surface area contributed by atoms with Gasteiger partial charge < -0.3 is 34.7 Å². The minimum absolute atomic E-state index is 0.0977. The number of nitrogens with zero attached hydrogens (tertiary/aromatic N) is 4. The van der Waals surface area contributed by atoms with Crippen molar-refractivity contribution in [1.29, 1.82) is 0 Å². The van der Waals surface area contributed by atoms with Crippen molar-refractivity contribution in [2.24, 2.45) is 0 Å². The summed E-state index contributed by atoms with van der Waals surface area (Å²) >= 11 is 6.43. The third-order valence-corrected chi connectivity index (χ3v) is 6.81. The Morgan fingerprint density at radius 3 is 2.69 bits per heavy atom. The fraction of sp³-hybridized carbons (Fsp3) is 0.542. The summed E-state index contributed by atoms with van der Waals surface area (Å²) in [6, 6.07) is 2.45. The zero-order valence-corrected chi connectivity index (χ0v) is 21.1. The summed E-state index contributed by atoms with van der Waals surface area (Å²) in [6.07, 6.45) is -0.960. The highest BCUT2D eigenvalue weighted by Gasteiger charge is 2.48. The molecule has 0 saturated carbocycles. The largest absolute Gasteiger partial charge is 0.394 e. The van der Waals surface area contributed by atoms with Crippen LogP contribution >= 0.6 is 11.6 Å². The molecule has 5 atom stereocenters. The number of fused-ring (bicyclic) bond motifs is 3. The van der Waals surface area contributed by atoms with Crippen molar-refractivity contribution in [2.45, 2.75) is 76.4 Å². The number of nitrogens with one attached hydrogen (secondary N) is 1. The standard InChI is InChI=1S/C24H29ClFN5O5/c1-10(2)31-15-6-11(5-13(26)19(15)29-22(31)24(3,4)34)18-12(25)8-27-23(30-18)28-14-7-16-17(9-32)36-21(35-16)20(14)33/h5-6,8,10,14,16-17,20-21,32-34H,7,9H2,1-4H3,(H,27,28,30)/t14?,16-,17+,20-,21-/m0/s1. The highest BCUT2D eigenvalue weighted by atomic mass is 35.5. The highest BCUT2D eigenvalue weighted by Crippen LogP contribution is 2.36. The van der Waals surface area contributed by atoms with E-state index in [9.17, 15) is 15.3 Å². The molecule has 0 radical (unpaired) electrons. The first-order chi connectivity index (χ1) is 17.0. The molecule has 12 heteroatoms. The third-order valence-electron chi connectivity index (χ3n) is 6.53. The molecule has 0 spiro atoms. The maximum atomic E-state index is 15.3. The van der Waals surface area contributed by atoms with Crippen molar-refractivity contribution in [3.63, 3.8) is 0 Å². The first-order valence-corrected chi connectivity index (χ1v) is 12.2. The molecular formula is C24H29ClFN5O5. The molecule has 2 aliphatic rings. The van der Waals surface area contributed by atoms with Crippen LogP contribution in [-0.2, 0) is 15.1 Å². The van der Waals surface area contributed by atoms with Crippen molar-refractivity contribution >= 4 is 28.6 Å². The quantitative estimate of drug-likeness (QED) is 0.386. The van der Waals surface area contributed by atoms with Gasteiger partial charge in [-0.1, -0.05) is 11.6 Å². The molecule has 2 aliphatic heterocycles. The maximum absolute atomic E-state index is 15.3. The Bertz CT molecular complexity index is 1300. The maximum Gasteiger partial charge on any atom is 0.223 e. The highest BCUT2D eigenvalue weighted by molar-refractivity contribution is 6.33. The van der Waals surface area contributed by atoms with E-state index in [1.165, 1.54) is 12.3 Å². The molecule has 5 rings (SSSR count).